The molecule has 0 atom stereocenters. The molecule has 2 heterocycles. The molecule has 0 N–H and O–H groups in total. The third-order valence-electron chi connectivity index (χ3n) is 4.51. The van der Waals surface area contributed by atoms with Crippen LogP contribution in [0.5, 0.6) is 5.75 Å². The summed E-state index contributed by atoms with van der Waals surface area (Å²) in [7, 11) is 1.26. The first-order valence-electron chi connectivity index (χ1n) is 8.73. The SMILES string of the molecule is COC(=O)Oc1c(-c2ccccc2)c(-c2ccccc2)n2ccc(C=O)cc12. The fourth-order valence-electron chi connectivity index (χ4n) is 3.30. The Kier molecular flexibility index (Phi) is 4.64. The van der Waals surface area contributed by atoms with Crippen LogP contribution in [0.15, 0.2) is 79.0 Å². The molecule has 0 bridgehead atoms. The van der Waals surface area contributed by atoms with Crippen molar-refractivity contribution in [1.82, 2.24) is 4.40 Å². The molecule has 0 spiro atoms. The van der Waals surface area contributed by atoms with Crippen molar-refractivity contribution < 1.29 is 19.1 Å². The molecule has 4 aromatic rings. The number of hydrogen-bond donors (Lipinski definition) is 0. The van der Waals surface area contributed by atoms with Crippen molar-refractivity contribution in [3.63, 3.8) is 0 Å². The average molecular weight is 371 g/mol. The second-order valence-electron chi connectivity index (χ2n) is 6.17. The van der Waals surface area contributed by atoms with Gasteiger partial charge in [0, 0.05) is 11.8 Å². The fourth-order valence-corrected chi connectivity index (χ4v) is 3.30. The number of ether oxygens (including phenoxy) is 2. The molecule has 2 aromatic heterocycles. The Morgan fingerprint density at radius 3 is 2.18 bits per heavy atom. The minimum Gasteiger partial charge on any atom is -0.437 e. The van der Waals surface area contributed by atoms with Gasteiger partial charge in [-0.05, 0) is 23.3 Å². The van der Waals surface area contributed by atoms with Crippen LogP contribution < -0.4 is 4.74 Å². The standard InChI is InChI=1S/C23H17NO4/c1-27-23(26)28-22-19-14-16(15-25)12-13-24(19)21(18-10-6-3-7-11-18)20(22)17-8-4-2-5-9-17/h2-15H,1H3. The zero-order valence-electron chi connectivity index (χ0n) is 15.2. The van der Waals surface area contributed by atoms with Gasteiger partial charge in [-0.1, -0.05) is 60.7 Å². The number of aldehydes is 1. The number of benzene rings is 2. The maximum absolute atomic E-state index is 12.0. The zero-order valence-corrected chi connectivity index (χ0v) is 15.2. The van der Waals surface area contributed by atoms with Crippen LogP contribution in [-0.2, 0) is 4.74 Å². The van der Waals surface area contributed by atoms with Crippen LogP contribution >= 0.6 is 0 Å². The number of methoxy groups -OCH3 is 1. The summed E-state index contributed by atoms with van der Waals surface area (Å²) in [4.78, 5) is 23.3. The Morgan fingerprint density at radius 2 is 1.57 bits per heavy atom. The molecule has 4 rings (SSSR count). The number of nitrogens with zero attached hydrogens (tertiary/aromatic N) is 1. The van der Waals surface area contributed by atoms with E-state index in [1.807, 2.05) is 65.1 Å². The van der Waals surface area contributed by atoms with Crippen molar-refractivity contribution in [2.45, 2.75) is 0 Å². The maximum Gasteiger partial charge on any atom is 0.513 e. The summed E-state index contributed by atoms with van der Waals surface area (Å²) in [6.07, 6.45) is 1.75. The van der Waals surface area contributed by atoms with Gasteiger partial charge in [0.25, 0.3) is 0 Å². The van der Waals surface area contributed by atoms with Gasteiger partial charge in [0.05, 0.1) is 23.9 Å². The van der Waals surface area contributed by atoms with Gasteiger partial charge in [-0.3, -0.25) is 4.79 Å². The van der Waals surface area contributed by atoms with Crippen LogP contribution in [-0.4, -0.2) is 24.0 Å². The van der Waals surface area contributed by atoms with E-state index >= 15 is 0 Å². The molecule has 28 heavy (non-hydrogen) atoms. The van der Waals surface area contributed by atoms with Crippen LogP contribution in [0.4, 0.5) is 4.79 Å². The van der Waals surface area contributed by atoms with E-state index in [0.717, 1.165) is 28.7 Å². The lowest BCUT2D eigenvalue weighted by atomic mass is 10.0. The Hall–Kier alpha value is -3.86. The van der Waals surface area contributed by atoms with Crippen molar-refractivity contribution in [3.05, 3.63) is 84.6 Å². The molecule has 0 aliphatic carbocycles. The summed E-state index contributed by atoms with van der Waals surface area (Å²) in [5, 5.41) is 0. The fraction of sp³-hybridized carbons (Fsp3) is 0.0435. The van der Waals surface area contributed by atoms with Gasteiger partial charge in [0.15, 0.2) is 5.75 Å². The third kappa shape index (κ3) is 3.03. The first kappa shape index (κ1) is 17.5. The van der Waals surface area contributed by atoms with Gasteiger partial charge in [-0.25, -0.2) is 4.79 Å². The van der Waals surface area contributed by atoms with Crippen LogP contribution in [0.3, 0.4) is 0 Å². The number of aromatic nitrogens is 1. The van der Waals surface area contributed by atoms with Gasteiger partial charge in [-0.2, -0.15) is 0 Å². The van der Waals surface area contributed by atoms with Crippen molar-refractivity contribution >= 4 is 18.0 Å². The molecule has 0 amide bonds. The lowest BCUT2D eigenvalue weighted by Gasteiger charge is -2.08. The van der Waals surface area contributed by atoms with E-state index in [1.54, 1.807) is 18.3 Å². The smallest absolute Gasteiger partial charge is 0.437 e. The molecule has 0 aliphatic heterocycles. The monoisotopic (exact) mass is 371 g/mol. The summed E-state index contributed by atoms with van der Waals surface area (Å²) in [6.45, 7) is 0. The average Bonchev–Trinajstić information content (AvgIpc) is 3.08. The second-order valence-corrected chi connectivity index (χ2v) is 6.17. The minimum atomic E-state index is -0.819. The predicted molar refractivity (Wildman–Crippen MR) is 107 cm³/mol. The molecule has 5 nitrogen and oxygen atoms in total. The molecule has 0 aliphatic rings. The Morgan fingerprint density at radius 1 is 0.929 bits per heavy atom. The molecular weight excluding hydrogens is 354 g/mol. The first-order valence-corrected chi connectivity index (χ1v) is 8.73. The Labute approximate surface area is 161 Å². The van der Waals surface area contributed by atoms with E-state index in [2.05, 4.69) is 0 Å². The first-order chi connectivity index (χ1) is 13.7. The van der Waals surface area contributed by atoms with Gasteiger partial charge >= 0.3 is 6.16 Å². The van der Waals surface area contributed by atoms with Crippen LogP contribution in [0.1, 0.15) is 10.4 Å². The molecule has 0 radical (unpaired) electrons. The van der Waals surface area contributed by atoms with Crippen LogP contribution in [0.2, 0.25) is 0 Å². The van der Waals surface area contributed by atoms with Gasteiger partial charge < -0.3 is 13.9 Å². The molecular formula is C23H17NO4. The quantitative estimate of drug-likeness (QED) is 0.364. The Bertz CT molecular complexity index is 1150. The number of rotatable bonds is 4. The largest absolute Gasteiger partial charge is 0.513 e. The summed E-state index contributed by atoms with van der Waals surface area (Å²) < 4.78 is 12.2. The maximum atomic E-state index is 12.0. The summed E-state index contributed by atoms with van der Waals surface area (Å²) in [5.41, 5.74) is 4.54. The number of carbonyl (C=O) groups excluding carboxylic acids is 2. The molecule has 5 heteroatoms. The summed E-state index contributed by atoms with van der Waals surface area (Å²) >= 11 is 0. The van der Waals surface area contributed by atoms with E-state index in [4.69, 9.17) is 9.47 Å². The number of fused-ring (bicyclic) bond motifs is 1. The number of carbonyl (C=O) groups is 2. The van der Waals surface area contributed by atoms with E-state index in [-0.39, 0.29) is 0 Å². The number of hydrogen-bond acceptors (Lipinski definition) is 4. The molecule has 0 fully saturated rings. The van der Waals surface area contributed by atoms with E-state index in [9.17, 15) is 9.59 Å². The highest BCUT2D eigenvalue weighted by Crippen LogP contribution is 2.44. The van der Waals surface area contributed by atoms with Crippen LogP contribution in [0, 0.1) is 0 Å². The van der Waals surface area contributed by atoms with E-state index in [0.29, 0.717) is 16.8 Å². The third-order valence-corrected chi connectivity index (χ3v) is 4.51. The predicted octanol–water partition coefficient (Wildman–Crippen LogP) is 5.23. The Balaban J connectivity index is 2.13. The van der Waals surface area contributed by atoms with Gasteiger partial charge in [-0.15, -0.1) is 0 Å². The summed E-state index contributed by atoms with van der Waals surface area (Å²) in [5.74, 6) is 0.348. The molecule has 0 saturated heterocycles. The van der Waals surface area contributed by atoms with E-state index in [1.165, 1.54) is 7.11 Å². The van der Waals surface area contributed by atoms with E-state index < -0.39 is 6.16 Å². The lowest BCUT2D eigenvalue weighted by molar-refractivity contribution is 0.112. The summed E-state index contributed by atoms with van der Waals surface area (Å²) in [6, 6.07) is 22.9. The molecule has 138 valence electrons. The van der Waals surface area contributed by atoms with Crippen LogP contribution in [0.25, 0.3) is 27.9 Å². The van der Waals surface area contributed by atoms with Crippen molar-refractivity contribution in [2.24, 2.45) is 0 Å². The minimum absolute atomic E-state index is 0.348. The second kappa shape index (κ2) is 7.40. The highest BCUT2D eigenvalue weighted by atomic mass is 16.7. The zero-order chi connectivity index (χ0) is 19.5. The lowest BCUT2D eigenvalue weighted by Crippen LogP contribution is -2.07. The highest BCUT2D eigenvalue weighted by Gasteiger charge is 2.24. The molecule has 0 unspecified atom stereocenters. The number of pyridine rings is 1. The van der Waals surface area contributed by atoms with Gasteiger partial charge in [0.2, 0.25) is 0 Å². The van der Waals surface area contributed by atoms with Crippen molar-refractivity contribution in [2.75, 3.05) is 7.11 Å². The van der Waals surface area contributed by atoms with Crippen molar-refractivity contribution in [3.8, 4) is 28.1 Å². The normalized spacial score (nSPS) is 10.6. The molecule has 0 saturated carbocycles. The molecule has 2 aromatic carbocycles. The van der Waals surface area contributed by atoms with Crippen molar-refractivity contribution in [1.29, 1.82) is 0 Å². The topological polar surface area (TPSA) is 57.0 Å². The van der Waals surface area contributed by atoms with Gasteiger partial charge in [0.1, 0.15) is 6.29 Å². The highest BCUT2D eigenvalue weighted by molar-refractivity contribution is 5.96.